The molecule has 0 saturated carbocycles. The molecule has 2 rings (SSSR count). The van der Waals surface area contributed by atoms with E-state index in [-0.39, 0.29) is 6.04 Å². The normalized spacial score (nSPS) is 12.4. The largest absolute Gasteiger partial charge is 0.243 e. The standard InChI is InChI=1S/C16H21NO2S/c1-4-12-17(13(2)3)20(18,19)16-11-7-9-14-8-5-6-10-15(14)16/h5-11,13H,4,12H2,1-3H3. The maximum Gasteiger partial charge on any atom is 0.243 e. The Balaban J connectivity index is 2.62. The highest BCUT2D eigenvalue weighted by atomic mass is 32.2. The minimum absolute atomic E-state index is 0.0427. The summed E-state index contributed by atoms with van der Waals surface area (Å²) >= 11 is 0. The second kappa shape index (κ2) is 5.94. The fourth-order valence-electron chi connectivity index (χ4n) is 2.42. The third kappa shape index (κ3) is 2.72. The molecule has 0 aromatic heterocycles. The Kier molecular flexibility index (Phi) is 4.45. The summed E-state index contributed by atoms with van der Waals surface area (Å²) in [7, 11) is -3.46. The highest BCUT2D eigenvalue weighted by molar-refractivity contribution is 7.89. The molecule has 0 N–H and O–H groups in total. The van der Waals surface area contributed by atoms with E-state index >= 15 is 0 Å². The average Bonchev–Trinajstić information content (AvgIpc) is 2.43. The van der Waals surface area contributed by atoms with Crippen LogP contribution in [0.3, 0.4) is 0 Å². The van der Waals surface area contributed by atoms with Gasteiger partial charge in [0.05, 0.1) is 4.90 Å². The van der Waals surface area contributed by atoms with E-state index in [2.05, 4.69) is 0 Å². The number of nitrogens with zero attached hydrogens (tertiary/aromatic N) is 1. The van der Waals surface area contributed by atoms with E-state index in [1.54, 1.807) is 16.4 Å². The van der Waals surface area contributed by atoms with Crippen molar-refractivity contribution in [2.24, 2.45) is 0 Å². The monoisotopic (exact) mass is 291 g/mol. The summed E-state index contributed by atoms with van der Waals surface area (Å²) in [5.74, 6) is 0. The van der Waals surface area contributed by atoms with Crippen molar-refractivity contribution in [2.45, 2.75) is 38.1 Å². The second-order valence-corrected chi connectivity index (χ2v) is 7.05. The molecule has 2 aromatic rings. The van der Waals surface area contributed by atoms with Crippen molar-refractivity contribution < 1.29 is 8.42 Å². The van der Waals surface area contributed by atoms with Crippen molar-refractivity contribution in [3.05, 3.63) is 42.5 Å². The van der Waals surface area contributed by atoms with Gasteiger partial charge in [-0.1, -0.05) is 43.3 Å². The summed E-state index contributed by atoms with van der Waals surface area (Å²) in [5, 5.41) is 1.74. The van der Waals surface area contributed by atoms with Crippen LogP contribution in [0.1, 0.15) is 27.2 Å². The molecule has 0 aliphatic rings. The Morgan fingerprint density at radius 2 is 1.70 bits per heavy atom. The summed E-state index contributed by atoms with van der Waals surface area (Å²) in [6.07, 6.45) is 0.808. The Morgan fingerprint density at radius 3 is 2.35 bits per heavy atom. The molecule has 20 heavy (non-hydrogen) atoms. The molecule has 0 saturated heterocycles. The molecule has 0 unspecified atom stereocenters. The molecule has 2 aromatic carbocycles. The van der Waals surface area contributed by atoms with Gasteiger partial charge < -0.3 is 0 Å². The summed E-state index contributed by atoms with van der Waals surface area (Å²) in [6.45, 7) is 6.37. The molecular formula is C16H21NO2S. The number of hydrogen-bond acceptors (Lipinski definition) is 2. The van der Waals surface area contributed by atoms with Gasteiger partial charge in [-0.15, -0.1) is 0 Å². The van der Waals surface area contributed by atoms with Gasteiger partial charge in [0.25, 0.3) is 0 Å². The van der Waals surface area contributed by atoms with Gasteiger partial charge in [-0.25, -0.2) is 8.42 Å². The second-order valence-electron chi connectivity index (χ2n) is 5.19. The highest BCUT2D eigenvalue weighted by Crippen LogP contribution is 2.26. The van der Waals surface area contributed by atoms with Crippen molar-refractivity contribution in [3.8, 4) is 0 Å². The molecule has 3 nitrogen and oxygen atoms in total. The minimum Gasteiger partial charge on any atom is -0.207 e. The first-order chi connectivity index (χ1) is 9.48. The van der Waals surface area contributed by atoms with Crippen molar-refractivity contribution in [2.75, 3.05) is 6.54 Å². The lowest BCUT2D eigenvalue weighted by Gasteiger charge is -2.26. The van der Waals surface area contributed by atoms with Gasteiger partial charge in [0.15, 0.2) is 0 Å². The molecule has 4 heteroatoms. The molecule has 0 spiro atoms. The number of fused-ring (bicyclic) bond motifs is 1. The molecule has 0 aliphatic heterocycles. The van der Waals surface area contributed by atoms with Crippen molar-refractivity contribution in [3.63, 3.8) is 0 Å². The zero-order valence-electron chi connectivity index (χ0n) is 12.2. The number of rotatable bonds is 5. The fourth-order valence-corrected chi connectivity index (χ4v) is 4.37. The number of hydrogen-bond donors (Lipinski definition) is 0. The van der Waals surface area contributed by atoms with E-state index in [4.69, 9.17) is 0 Å². The molecule has 0 fully saturated rings. The SMILES string of the molecule is CCCN(C(C)C)S(=O)(=O)c1cccc2ccccc12. The van der Waals surface area contributed by atoms with Gasteiger partial charge in [0.1, 0.15) is 0 Å². The molecule has 0 heterocycles. The molecule has 0 atom stereocenters. The topological polar surface area (TPSA) is 37.4 Å². The highest BCUT2D eigenvalue weighted by Gasteiger charge is 2.27. The van der Waals surface area contributed by atoms with E-state index in [9.17, 15) is 8.42 Å². The first-order valence-corrected chi connectivity index (χ1v) is 8.42. The van der Waals surface area contributed by atoms with Crippen LogP contribution in [-0.2, 0) is 10.0 Å². The van der Waals surface area contributed by atoms with Crippen LogP contribution in [-0.4, -0.2) is 25.3 Å². The lowest BCUT2D eigenvalue weighted by molar-refractivity contribution is 0.354. The quantitative estimate of drug-likeness (QED) is 0.843. The smallest absolute Gasteiger partial charge is 0.207 e. The zero-order chi connectivity index (χ0) is 14.8. The molecule has 0 bridgehead atoms. The van der Waals surface area contributed by atoms with Gasteiger partial charge in [-0.05, 0) is 31.7 Å². The van der Waals surface area contributed by atoms with Crippen LogP contribution in [0.25, 0.3) is 10.8 Å². The van der Waals surface area contributed by atoms with Crippen molar-refractivity contribution in [1.29, 1.82) is 0 Å². The van der Waals surface area contributed by atoms with Gasteiger partial charge >= 0.3 is 0 Å². The summed E-state index contributed by atoms with van der Waals surface area (Å²) in [4.78, 5) is 0.401. The lowest BCUT2D eigenvalue weighted by Crippen LogP contribution is -2.37. The minimum atomic E-state index is -3.46. The van der Waals surface area contributed by atoms with Crippen LogP contribution in [0.2, 0.25) is 0 Å². The fraction of sp³-hybridized carbons (Fsp3) is 0.375. The molecule has 0 radical (unpaired) electrons. The van der Waals surface area contributed by atoms with Crippen LogP contribution in [0.5, 0.6) is 0 Å². The van der Waals surface area contributed by atoms with Crippen LogP contribution < -0.4 is 0 Å². The predicted octanol–water partition coefficient (Wildman–Crippen LogP) is 3.65. The van der Waals surface area contributed by atoms with Gasteiger partial charge in [-0.2, -0.15) is 4.31 Å². The molecule has 0 aliphatic carbocycles. The number of sulfonamides is 1. The van der Waals surface area contributed by atoms with Crippen LogP contribution in [0, 0.1) is 0 Å². The Morgan fingerprint density at radius 1 is 1.05 bits per heavy atom. The average molecular weight is 291 g/mol. The van der Waals surface area contributed by atoms with Crippen LogP contribution in [0.15, 0.2) is 47.4 Å². The van der Waals surface area contributed by atoms with Crippen LogP contribution >= 0.6 is 0 Å². The third-order valence-corrected chi connectivity index (χ3v) is 5.49. The van der Waals surface area contributed by atoms with E-state index in [1.807, 2.05) is 51.1 Å². The first-order valence-electron chi connectivity index (χ1n) is 6.98. The molecule has 108 valence electrons. The summed E-state index contributed by atoms with van der Waals surface area (Å²) < 4.78 is 27.4. The zero-order valence-corrected chi connectivity index (χ0v) is 13.0. The third-order valence-electron chi connectivity index (χ3n) is 3.36. The summed E-state index contributed by atoms with van der Waals surface area (Å²) in [5.41, 5.74) is 0. The van der Waals surface area contributed by atoms with Gasteiger partial charge in [-0.3, -0.25) is 0 Å². The van der Waals surface area contributed by atoms with Gasteiger partial charge in [0, 0.05) is 18.0 Å². The van der Waals surface area contributed by atoms with Crippen molar-refractivity contribution in [1.82, 2.24) is 4.31 Å². The Labute approximate surface area is 121 Å². The first kappa shape index (κ1) is 15.0. The predicted molar refractivity (Wildman–Crippen MR) is 83.3 cm³/mol. The van der Waals surface area contributed by atoms with Gasteiger partial charge in [0.2, 0.25) is 10.0 Å². The van der Waals surface area contributed by atoms with Crippen LogP contribution in [0.4, 0.5) is 0 Å². The maximum absolute atomic E-state index is 12.9. The van der Waals surface area contributed by atoms with Crippen molar-refractivity contribution >= 4 is 20.8 Å². The molecular weight excluding hydrogens is 270 g/mol. The van der Waals surface area contributed by atoms with E-state index < -0.39 is 10.0 Å². The molecule has 0 amide bonds. The Hall–Kier alpha value is -1.39. The summed E-state index contributed by atoms with van der Waals surface area (Å²) in [6, 6.07) is 13.0. The van der Waals surface area contributed by atoms with E-state index in [1.165, 1.54) is 0 Å². The number of benzene rings is 2. The lowest BCUT2D eigenvalue weighted by atomic mass is 10.1. The Bertz CT molecular complexity index is 687. The van der Waals surface area contributed by atoms with E-state index in [0.29, 0.717) is 11.4 Å². The maximum atomic E-state index is 12.9. The van der Waals surface area contributed by atoms with E-state index in [0.717, 1.165) is 17.2 Å².